The molecule has 1 amide bonds. The number of aromatic amines is 1. The van der Waals surface area contributed by atoms with Crippen molar-refractivity contribution in [3.05, 3.63) is 46.4 Å². The van der Waals surface area contributed by atoms with Gasteiger partial charge in [-0.2, -0.15) is 11.8 Å². The van der Waals surface area contributed by atoms with Crippen molar-refractivity contribution < 1.29 is 9.53 Å². The molecule has 8 heteroatoms. The van der Waals surface area contributed by atoms with Crippen LogP contribution in [0.3, 0.4) is 0 Å². The van der Waals surface area contributed by atoms with Gasteiger partial charge in [-0.05, 0) is 50.3 Å². The summed E-state index contributed by atoms with van der Waals surface area (Å²) in [6.07, 6.45) is 1.19. The lowest BCUT2D eigenvalue weighted by atomic mass is 10.3. The van der Waals surface area contributed by atoms with Crippen molar-refractivity contribution >= 4 is 35.1 Å². The van der Waals surface area contributed by atoms with Gasteiger partial charge in [0.1, 0.15) is 5.75 Å². The van der Waals surface area contributed by atoms with E-state index in [1.54, 1.807) is 23.9 Å². The molecule has 0 radical (unpaired) electrons. The number of amides is 1. The van der Waals surface area contributed by atoms with Crippen LogP contribution < -0.4 is 15.6 Å². The van der Waals surface area contributed by atoms with Crippen molar-refractivity contribution in [2.45, 2.75) is 44.2 Å². The van der Waals surface area contributed by atoms with Crippen LogP contribution in [-0.4, -0.2) is 33.5 Å². The molecule has 6 nitrogen and oxygen atoms in total. The van der Waals surface area contributed by atoms with Gasteiger partial charge in [0, 0.05) is 17.5 Å². The molecule has 27 heavy (non-hydrogen) atoms. The third-order valence-electron chi connectivity index (χ3n) is 3.22. The molecule has 0 saturated heterocycles. The molecule has 1 aromatic heterocycles. The number of aromatic nitrogens is 2. The Bertz CT molecular complexity index is 792. The minimum absolute atomic E-state index is 0.104. The summed E-state index contributed by atoms with van der Waals surface area (Å²) in [7, 11) is 0. The maximum absolute atomic E-state index is 12.1. The number of H-pyrrole nitrogens is 1. The Morgan fingerprint density at radius 2 is 2.04 bits per heavy atom. The molecule has 2 aromatic rings. The Morgan fingerprint density at radius 3 is 2.70 bits per heavy atom. The van der Waals surface area contributed by atoms with Gasteiger partial charge in [-0.3, -0.25) is 9.59 Å². The van der Waals surface area contributed by atoms with Crippen LogP contribution in [0, 0.1) is 0 Å². The second-order valence-electron chi connectivity index (χ2n) is 6.12. The molecule has 2 N–H and O–H groups in total. The van der Waals surface area contributed by atoms with Crippen LogP contribution in [0.4, 0.5) is 5.69 Å². The van der Waals surface area contributed by atoms with Crippen molar-refractivity contribution in [2.24, 2.45) is 0 Å². The summed E-state index contributed by atoms with van der Waals surface area (Å²) in [6, 6.07) is 8.74. The Balaban J connectivity index is 1.86. The number of ether oxygens (including phenoxy) is 1. The molecule has 0 aliphatic heterocycles. The van der Waals surface area contributed by atoms with Crippen LogP contribution in [0.15, 0.2) is 40.3 Å². The van der Waals surface area contributed by atoms with Gasteiger partial charge in [-0.25, -0.2) is 4.98 Å². The number of carbonyl (C=O) groups excluding carboxylic acids is 1. The van der Waals surface area contributed by atoms with Crippen LogP contribution in [-0.2, 0) is 10.5 Å². The summed E-state index contributed by atoms with van der Waals surface area (Å²) in [5.74, 6) is 2.49. The maximum Gasteiger partial charge on any atom is 0.251 e. The molecule has 146 valence electrons. The van der Waals surface area contributed by atoms with E-state index in [0.717, 1.165) is 23.6 Å². The molecule has 2 rings (SSSR count). The van der Waals surface area contributed by atoms with E-state index in [1.165, 1.54) is 17.8 Å². The van der Waals surface area contributed by atoms with Crippen LogP contribution in [0.2, 0.25) is 0 Å². The Kier molecular flexibility index (Phi) is 8.74. The maximum atomic E-state index is 12.1. The SMILES string of the molecule is CCCSCc1cc(=O)[nH]c(SCC(=O)Nc2ccc(OC(C)C)cc2)n1. The number of benzene rings is 1. The van der Waals surface area contributed by atoms with Crippen molar-refractivity contribution in [3.8, 4) is 5.75 Å². The van der Waals surface area contributed by atoms with E-state index in [1.807, 2.05) is 26.0 Å². The fourth-order valence-electron chi connectivity index (χ4n) is 2.17. The summed E-state index contributed by atoms with van der Waals surface area (Å²) in [5, 5.41) is 3.29. The molecule has 0 aliphatic rings. The molecule has 0 saturated carbocycles. The number of hydrogen-bond donors (Lipinski definition) is 2. The van der Waals surface area contributed by atoms with Gasteiger partial charge in [0.2, 0.25) is 5.91 Å². The number of anilines is 1. The zero-order valence-corrected chi connectivity index (χ0v) is 17.4. The van der Waals surface area contributed by atoms with Crippen LogP contribution in [0.1, 0.15) is 32.9 Å². The lowest BCUT2D eigenvalue weighted by Crippen LogP contribution is -2.16. The highest BCUT2D eigenvalue weighted by atomic mass is 32.2. The molecule has 0 atom stereocenters. The third-order valence-corrected chi connectivity index (χ3v) is 5.29. The minimum atomic E-state index is -0.194. The number of nitrogens with one attached hydrogen (secondary N) is 2. The van der Waals surface area contributed by atoms with Crippen molar-refractivity contribution in [3.63, 3.8) is 0 Å². The van der Waals surface area contributed by atoms with Gasteiger partial charge < -0.3 is 15.0 Å². The number of hydrogen-bond acceptors (Lipinski definition) is 6. The third kappa shape index (κ3) is 8.09. The molecule has 1 aromatic carbocycles. The van der Waals surface area contributed by atoms with Crippen LogP contribution in [0.25, 0.3) is 0 Å². The average molecular weight is 408 g/mol. The molecular formula is C19H25N3O3S2. The smallest absolute Gasteiger partial charge is 0.251 e. The highest BCUT2D eigenvalue weighted by Gasteiger charge is 2.08. The van der Waals surface area contributed by atoms with Gasteiger partial charge in [0.05, 0.1) is 17.6 Å². The summed E-state index contributed by atoms with van der Waals surface area (Å²) >= 11 is 2.95. The van der Waals surface area contributed by atoms with E-state index >= 15 is 0 Å². The lowest BCUT2D eigenvalue weighted by molar-refractivity contribution is -0.113. The molecule has 0 unspecified atom stereocenters. The second kappa shape index (κ2) is 11.0. The van der Waals surface area contributed by atoms with E-state index in [-0.39, 0.29) is 23.3 Å². The van der Waals surface area contributed by atoms with Crippen LogP contribution >= 0.6 is 23.5 Å². The quantitative estimate of drug-likeness (QED) is 0.353. The van der Waals surface area contributed by atoms with Gasteiger partial charge in [-0.1, -0.05) is 18.7 Å². The highest BCUT2D eigenvalue weighted by Crippen LogP contribution is 2.18. The van der Waals surface area contributed by atoms with Crippen LogP contribution in [0.5, 0.6) is 5.75 Å². The van der Waals surface area contributed by atoms with Gasteiger partial charge in [0.15, 0.2) is 5.16 Å². The zero-order chi connectivity index (χ0) is 19.6. The predicted octanol–water partition coefficient (Wildman–Crippen LogP) is 3.93. The minimum Gasteiger partial charge on any atom is -0.491 e. The fourth-order valence-corrected chi connectivity index (χ4v) is 3.65. The molecule has 0 aliphatic carbocycles. The van der Waals surface area contributed by atoms with Gasteiger partial charge in [0.25, 0.3) is 5.56 Å². The van der Waals surface area contributed by atoms with Crippen molar-refractivity contribution in [1.82, 2.24) is 9.97 Å². The lowest BCUT2D eigenvalue weighted by Gasteiger charge is -2.10. The first-order valence-corrected chi connectivity index (χ1v) is 11.0. The van der Waals surface area contributed by atoms with E-state index in [2.05, 4.69) is 22.2 Å². The summed E-state index contributed by atoms with van der Waals surface area (Å²) < 4.78 is 5.58. The van der Waals surface area contributed by atoms with E-state index in [0.29, 0.717) is 16.6 Å². The molecule has 0 fully saturated rings. The number of rotatable bonds is 10. The topological polar surface area (TPSA) is 84.1 Å². The van der Waals surface area contributed by atoms with Crippen molar-refractivity contribution in [2.75, 3.05) is 16.8 Å². The zero-order valence-electron chi connectivity index (χ0n) is 15.8. The fraction of sp³-hybridized carbons (Fsp3) is 0.421. The standard InChI is InChI=1S/C19H25N3O3S2/c1-4-9-26-11-15-10-17(23)22-19(21-15)27-12-18(24)20-14-5-7-16(8-6-14)25-13(2)3/h5-8,10,13H,4,9,11-12H2,1-3H3,(H,20,24)(H,21,22,23). The first-order chi connectivity index (χ1) is 13.0. The van der Waals surface area contributed by atoms with Crippen molar-refractivity contribution in [1.29, 1.82) is 0 Å². The normalized spacial score (nSPS) is 10.8. The monoisotopic (exact) mass is 407 g/mol. The van der Waals surface area contributed by atoms with E-state index < -0.39 is 0 Å². The largest absolute Gasteiger partial charge is 0.491 e. The Morgan fingerprint density at radius 1 is 1.30 bits per heavy atom. The number of thioether (sulfide) groups is 2. The first kappa shape index (κ1) is 21.4. The first-order valence-electron chi connectivity index (χ1n) is 8.83. The van der Waals surface area contributed by atoms with E-state index in [4.69, 9.17) is 4.74 Å². The van der Waals surface area contributed by atoms with Gasteiger partial charge in [-0.15, -0.1) is 0 Å². The summed E-state index contributed by atoms with van der Waals surface area (Å²) in [4.78, 5) is 31.0. The predicted molar refractivity (Wildman–Crippen MR) is 113 cm³/mol. The second-order valence-corrected chi connectivity index (χ2v) is 8.19. The Labute approximate surface area is 167 Å². The summed E-state index contributed by atoms with van der Waals surface area (Å²) in [5.41, 5.74) is 1.24. The molecular weight excluding hydrogens is 382 g/mol. The molecule has 1 heterocycles. The Hall–Kier alpha value is -1.93. The van der Waals surface area contributed by atoms with Gasteiger partial charge >= 0.3 is 0 Å². The number of nitrogens with zero attached hydrogens (tertiary/aromatic N) is 1. The summed E-state index contributed by atoms with van der Waals surface area (Å²) in [6.45, 7) is 6.04. The van der Waals surface area contributed by atoms with E-state index in [9.17, 15) is 9.59 Å². The average Bonchev–Trinajstić information content (AvgIpc) is 2.61. The highest BCUT2D eigenvalue weighted by molar-refractivity contribution is 7.99. The molecule has 0 bridgehead atoms. The molecule has 0 spiro atoms. The number of carbonyl (C=O) groups is 1.